The normalized spacial score (nSPS) is 15.8. The smallest absolute Gasteiger partial charge is 0.150 e. The zero-order chi connectivity index (χ0) is 18.3. The van der Waals surface area contributed by atoms with Gasteiger partial charge >= 0.3 is 0 Å². The number of aryl methyl sites for hydroxylation is 2. The van der Waals surface area contributed by atoms with Crippen LogP contribution in [0.5, 0.6) is 11.5 Å². The molecule has 0 saturated heterocycles. The topological polar surface area (TPSA) is 24.9 Å². The van der Waals surface area contributed by atoms with E-state index in [9.17, 15) is 0 Å². The predicted octanol–water partition coefficient (Wildman–Crippen LogP) is 4.14. The highest BCUT2D eigenvalue weighted by atomic mass is 16.5. The quantitative estimate of drug-likeness (QED) is 0.829. The minimum atomic E-state index is 0.723. The Morgan fingerprint density at radius 1 is 0.731 bits per heavy atom. The molecule has 2 aromatic carbocycles. The second-order valence-corrected chi connectivity index (χ2v) is 7.14. The molecular weight excluding hydrogens is 324 g/mol. The highest BCUT2D eigenvalue weighted by molar-refractivity contribution is 5.90. The molecule has 0 bridgehead atoms. The van der Waals surface area contributed by atoms with Crippen LogP contribution in [0.4, 0.5) is 11.4 Å². The molecule has 0 unspecified atom stereocenters. The van der Waals surface area contributed by atoms with Gasteiger partial charge < -0.3 is 19.3 Å². The van der Waals surface area contributed by atoms with Crippen molar-refractivity contribution in [3.63, 3.8) is 0 Å². The minimum Gasteiger partial charge on any atom is -0.489 e. The first-order valence-electron chi connectivity index (χ1n) is 9.65. The average molecular weight is 352 g/mol. The van der Waals surface area contributed by atoms with Crippen molar-refractivity contribution >= 4 is 11.4 Å². The Morgan fingerprint density at radius 3 is 1.54 bits per heavy atom. The summed E-state index contributed by atoms with van der Waals surface area (Å²) in [6.07, 6.45) is 1.94. The molecule has 4 rings (SSSR count). The first kappa shape index (κ1) is 17.1. The summed E-state index contributed by atoms with van der Waals surface area (Å²) in [4.78, 5) is 4.57. The van der Waals surface area contributed by atoms with Crippen LogP contribution < -0.4 is 19.3 Å². The third-order valence-electron chi connectivity index (χ3n) is 5.63. The van der Waals surface area contributed by atoms with Gasteiger partial charge in [-0.1, -0.05) is 26.0 Å². The number of nitrogens with zero attached hydrogens (tertiary/aromatic N) is 2. The van der Waals surface area contributed by atoms with Crippen molar-refractivity contribution in [2.45, 2.75) is 26.7 Å². The molecule has 4 nitrogen and oxygen atoms in total. The molecule has 0 spiro atoms. The molecule has 4 heteroatoms. The fourth-order valence-corrected chi connectivity index (χ4v) is 4.07. The van der Waals surface area contributed by atoms with Crippen LogP contribution in [0.25, 0.3) is 11.1 Å². The monoisotopic (exact) mass is 352 g/mol. The number of ether oxygens (including phenoxy) is 2. The lowest BCUT2D eigenvalue weighted by Gasteiger charge is -2.34. The van der Waals surface area contributed by atoms with E-state index in [2.05, 4.69) is 62.0 Å². The van der Waals surface area contributed by atoms with Crippen molar-refractivity contribution in [3.05, 3.63) is 35.4 Å². The molecule has 0 amide bonds. The summed E-state index contributed by atoms with van der Waals surface area (Å²) in [7, 11) is 4.28. The van der Waals surface area contributed by atoms with Crippen molar-refractivity contribution in [2.75, 3.05) is 50.2 Å². The van der Waals surface area contributed by atoms with E-state index >= 15 is 0 Å². The molecule has 0 aromatic heterocycles. The van der Waals surface area contributed by atoms with E-state index in [1.807, 2.05) is 0 Å². The highest BCUT2D eigenvalue weighted by Gasteiger charge is 2.28. The highest BCUT2D eigenvalue weighted by Crippen LogP contribution is 2.50. The van der Waals surface area contributed by atoms with Gasteiger partial charge in [-0.05, 0) is 36.1 Å². The average Bonchev–Trinajstić information content (AvgIpc) is 2.67. The Kier molecular flexibility index (Phi) is 4.43. The van der Waals surface area contributed by atoms with Gasteiger partial charge in [-0.25, -0.2) is 0 Å². The number of likely N-dealkylation sites (N-methyl/N-ethyl adjacent to an activating group) is 2. The lowest BCUT2D eigenvalue weighted by molar-refractivity contribution is 0.307. The molecule has 0 fully saturated rings. The minimum absolute atomic E-state index is 0.723. The Morgan fingerprint density at radius 2 is 1.15 bits per heavy atom. The van der Waals surface area contributed by atoms with E-state index in [1.54, 1.807) is 0 Å². The van der Waals surface area contributed by atoms with Crippen LogP contribution in [0.2, 0.25) is 0 Å². The largest absolute Gasteiger partial charge is 0.489 e. The molecule has 0 saturated carbocycles. The van der Waals surface area contributed by atoms with E-state index in [-0.39, 0.29) is 0 Å². The van der Waals surface area contributed by atoms with Gasteiger partial charge in [0.05, 0.1) is 24.5 Å². The summed E-state index contributed by atoms with van der Waals surface area (Å²) in [6, 6.07) is 8.91. The second-order valence-electron chi connectivity index (χ2n) is 7.14. The molecule has 0 radical (unpaired) electrons. The molecule has 2 aliphatic rings. The van der Waals surface area contributed by atoms with E-state index in [0.717, 1.165) is 50.6 Å². The Labute approximate surface area is 156 Å². The second kappa shape index (κ2) is 6.75. The lowest BCUT2D eigenvalue weighted by atomic mass is 9.89. The van der Waals surface area contributed by atoms with Crippen LogP contribution in [0.15, 0.2) is 24.3 Å². The molecule has 26 heavy (non-hydrogen) atoms. The Hall–Kier alpha value is -2.36. The van der Waals surface area contributed by atoms with Crippen LogP contribution in [0.1, 0.15) is 25.0 Å². The third kappa shape index (κ3) is 2.59. The number of anilines is 2. The summed E-state index contributed by atoms with van der Waals surface area (Å²) >= 11 is 0. The van der Waals surface area contributed by atoms with E-state index in [4.69, 9.17) is 9.47 Å². The summed E-state index contributed by atoms with van der Waals surface area (Å²) in [6.45, 7) is 7.72. The van der Waals surface area contributed by atoms with Crippen LogP contribution in [-0.2, 0) is 12.8 Å². The van der Waals surface area contributed by atoms with Crippen LogP contribution >= 0.6 is 0 Å². The summed E-state index contributed by atoms with van der Waals surface area (Å²) in [5.74, 6) is 2.02. The van der Waals surface area contributed by atoms with E-state index in [0.29, 0.717) is 0 Å². The number of rotatable bonds is 3. The van der Waals surface area contributed by atoms with E-state index in [1.165, 1.54) is 33.6 Å². The molecule has 0 N–H and O–H groups in total. The standard InChI is InChI=1S/C22H28N2O2/c1-5-15-7-9-17-21(25-13-11-23(17)3)19(15)20-16(6-2)8-10-18-22(20)26-14-12-24(18)4/h7-10H,5-6,11-14H2,1-4H3. The summed E-state index contributed by atoms with van der Waals surface area (Å²) in [5, 5.41) is 0. The number of hydrogen-bond acceptors (Lipinski definition) is 4. The number of benzene rings is 2. The summed E-state index contributed by atoms with van der Waals surface area (Å²) in [5.41, 5.74) is 7.43. The maximum atomic E-state index is 6.23. The van der Waals surface area contributed by atoms with Gasteiger partial charge in [0.25, 0.3) is 0 Å². The van der Waals surface area contributed by atoms with Crippen LogP contribution in [-0.4, -0.2) is 40.4 Å². The number of hydrogen-bond donors (Lipinski definition) is 0. The first-order chi connectivity index (χ1) is 12.7. The van der Waals surface area contributed by atoms with Crippen molar-refractivity contribution < 1.29 is 9.47 Å². The van der Waals surface area contributed by atoms with Gasteiger partial charge in [0.2, 0.25) is 0 Å². The maximum absolute atomic E-state index is 6.23. The van der Waals surface area contributed by atoms with Crippen molar-refractivity contribution in [3.8, 4) is 22.6 Å². The van der Waals surface area contributed by atoms with E-state index < -0.39 is 0 Å². The van der Waals surface area contributed by atoms with Gasteiger partial charge in [0, 0.05) is 25.2 Å². The zero-order valence-electron chi connectivity index (χ0n) is 16.3. The van der Waals surface area contributed by atoms with Gasteiger partial charge in [-0.15, -0.1) is 0 Å². The van der Waals surface area contributed by atoms with Gasteiger partial charge in [0.1, 0.15) is 13.2 Å². The maximum Gasteiger partial charge on any atom is 0.150 e. The van der Waals surface area contributed by atoms with Gasteiger partial charge in [0.15, 0.2) is 11.5 Å². The fourth-order valence-electron chi connectivity index (χ4n) is 4.07. The summed E-state index contributed by atoms with van der Waals surface area (Å²) < 4.78 is 12.5. The molecule has 2 heterocycles. The zero-order valence-corrected chi connectivity index (χ0v) is 16.3. The molecule has 0 atom stereocenters. The van der Waals surface area contributed by atoms with Crippen LogP contribution in [0.3, 0.4) is 0 Å². The predicted molar refractivity (Wildman–Crippen MR) is 108 cm³/mol. The third-order valence-corrected chi connectivity index (χ3v) is 5.63. The Balaban J connectivity index is 2.04. The van der Waals surface area contributed by atoms with Crippen LogP contribution in [0, 0.1) is 0 Å². The molecule has 2 aliphatic heterocycles. The Bertz CT molecular complexity index is 762. The molecule has 2 aromatic rings. The lowest BCUT2D eigenvalue weighted by Crippen LogP contribution is -2.30. The SMILES string of the molecule is CCc1ccc2c(c1-c1c(CC)ccc3c1OCCN3C)OCCN2C. The molecule has 138 valence electrons. The molecule has 0 aliphatic carbocycles. The first-order valence-corrected chi connectivity index (χ1v) is 9.65. The van der Waals surface area contributed by atoms with Gasteiger partial charge in [-0.2, -0.15) is 0 Å². The number of fused-ring (bicyclic) bond motifs is 2. The fraction of sp³-hybridized carbons (Fsp3) is 0.455. The van der Waals surface area contributed by atoms with Crippen molar-refractivity contribution in [2.24, 2.45) is 0 Å². The van der Waals surface area contributed by atoms with Crippen molar-refractivity contribution in [1.82, 2.24) is 0 Å². The molecular formula is C22H28N2O2. The van der Waals surface area contributed by atoms with Crippen molar-refractivity contribution in [1.29, 1.82) is 0 Å². The van der Waals surface area contributed by atoms with Gasteiger partial charge in [-0.3, -0.25) is 0 Å².